The number of fused-ring (bicyclic) bond motifs is 4. The number of alkyl halides is 12. The topological polar surface area (TPSA) is 229 Å². The fourth-order valence-corrected chi connectivity index (χ4v) is 16.0. The quantitative estimate of drug-likeness (QED) is 0.0573. The van der Waals surface area contributed by atoms with Gasteiger partial charge in [0.1, 0.15) is 38.5 Å². The molecule has 0 saturated carbocycles. The van der Waals surface area contributed by atoms with Gasteiger partial charge in [0.25, 0.3) is 22.2 Å². The van der Waals surface area contributed by atoms with Crippen LogP contribution < -0.4 is 46.6 Å². The van der Waals surface area contributed by atoms with Crippen molar-refractivity contribution < 1.29 is 80.9 Å². The van der Waals surface area contributed by atoms with E-state index >= 15 is 0 Å². The number of rotatable bonds is 15. The molecule has 0 unspecified atom stereocenters. The summed E-state index contributed by atoms with van der Waals surface area (Å²) in [7, 11) is 9.48. The summed E-state index contributed by atoms with van der Waals surface area (Å²) in [5, 5.41) is 14.8. The van der Waals surface area contributed by atoms with E-state index in [1.165, 1.54) is 91.3 Å². The van der Waals surface area contributed by atoms with Crippen LogP contribution in [0.25, 0.3) is 88.6 Å². The number of aromatic nitrogens is 14. The van der Waals surface area contributed by atoms with Crippen molar-refractivity contribution in [1.82, 2.24) is 65.9 Å². The zero-order chi connectivity index (χ0) is 94.8. The Morgan fingerprint density at radius 3 is 1.13 bits per heavy atom. The zero-order valence-electron chi connectivity index (χ0n) is 69.1. The first kappa shape index (κ1) is 98.8. The summed E-state index contributed by atoms with van der Waals surface area (Å²) in [4.78, 5) is 52.0. The summed E-state index contributed by atoms with van der Waals surface area (Å²) in [6, 6.07) is 23.5. The number of pyridine rings is 4. The third-order valence-corrected chi connectivity index (χ3v) is 23.2. The van der Waals surface area contributed by atoms with Crippen molar-refractivity contribution in [2.45, 2.75) is 118 Å². The molecule has 0 spiro atoms. The van der Waals surface area contributed by atoms with E-state index < -0.39 is 47.9 Å². The van der Waals surface area contributed by atoms with Crippen LogP contribution in [-0.2, 0) is 56.6 Å². The summed E-state index contributed by atoms with van der Waals surface area (Å²) < 4.78 is 196. The molecule has 25 nitrogen and oxygen atoms in total. The number of aryl methyl sites for hydroxylation is 7. The van der Waals surface area contributed by atoms with Gasteiger partial charge in [-0.2, -0.15) is 15.3 Å². The molecule has 129 heavy (non-hydrogen) atoms. The standard InChI is InChI=1S/C20H15Cl2F3N4O2.C20H17F3N4O2.C16H10BrCl2F3N2O2.C16H11Cl2F3N2O2.C10H17BN2O2.BHNS/c1-3-28-17-14(11-8-26-27(2)9-11)10-29(19(30)15(17)16(21)18(28)22)12-4-6-13(7-5-12)31-20(23,24)25;1-3-26-9-8-16-18(26)17(13-10-24-25(2)11-13)12-27(19(16)28)14-4-6-15(7-5-14)29-20(21,22)23;1-2-23-13-10(17)7-24(15(25)11(13)12(18)14(23)19)8-3-5-9(6-4-8)26-16(20,21)22;1-2-22-11-7-8-23(15(24)12(11)13(17)14(22)18)9-3-5-10(6-4-9)25-16(19,20)21;1-9(2)10(3,4)15-11(14-9)8-6-12-13(5)7-8;1-2-3/h4-10H,3H2,1-2H3;4-12H,3H2,1-2H3;3-7H,2H2,1H3;3-8H,2H2,1H3;6-7H,1-5H3;3H. The van der Waals surface area contributed by atoms with E-state index in [0.717, 1.165) is 64.1 Å². The Bertz CT molecular complexity index is 6870. The Labute approximate surface area is 769 Å². The van der Waals surface area contributed by atoms with Gasteiger partial charge < -0.3 is 46.5 Å². The van der Waals surface area contributed by atoms with Crippen molar-refractivity contribution >= 4 is 162 Å². The SMILES string of the molecule is CCn1c(Cl)c(Cl)c2c(=O)n(-c3ccc(OC(F)(F)F)cc3)cc(-c3cnn(C)c3)c21.CCn1c(Cl)c(Cl)c2c(=O)n(-c3ccc(OC(F)(F)F)cc3)cc(Br)c21.CCn1c(Cl)c(Cl)c2c(=O)n(-c3ccc(OC(F)(F)F)cc3)ccc21.CCn1ccc2c(=O)n(-c3ccc(OC(F)(F)F)cc3)cc(-c3cnn(C)c3)c21.Cn1cc(B2OC(C)(C)C(C)(C)O2)cn1.[B]=NS. The van der Waals surface area contributed by atoms with Gasteiger partial charge in [0.05, 0.1) is 86.7 Å². The maximum atomic E-state index is 13.3. The van der Waals surface area contributed by atoms with Gasteiger partial charge in [-0.05, 0) is 181 Å². The van der Waals surface area contributed by atoms with E-state index in [1.807, 2.05) is 85.6 Å². The number of halogens is 19. The molecule has 0 bridgehead atoms. The van der Waals surface area contributed by atoms with Crippen LogP contribution in [0.2, 0.25) is 30.5 Å². The Kier molecular flexibility index (Phi) is 30.3. The molecule has 4 aromatic carbocycles. The summed E-state index contributed by atoms with van der Waals surface area (Å²) >= 11 is 44.2. The number of ether oxygens (including phenoxy) is 4. The van der Waals surface area contributed by atoms with Crippen molar-refractivity contribution in [1.29, 1.82) is 0 Å². The second kappa shape index (κ2) is 39.5. The Morgan fingerprint density at radius 1 is 0.434 bits per heavy atom. The molecule has 0 N–H and O–H groups in total. The number of hydrogen-bond acceptors (Lipinski definition) is 15. The maximum absolute atomic E-state index is 13.3. The first-order valence-electron chi connectivity index (χ1n) is 38.0. The van der Waals surface area contributed by atoms with Crippen molar-refractivity contribution in [3.8, 4) is 68.0 Å². The number of thiol groups is 1. The zero-order valence-corrected chi connectivity index (χ0v) is 76.2. The molecule has 47 heteroatoms. The van der Waals surface area contributed by atoms with E-state index in [-0.39, 0.29) is 87.8 Å². The van der Waals surface area contributed by atoms with Crippen LogP contribution in [-0.4, -0.2) is 117 Å². The van der Waals surface area contributed by atoms with Gasteiger partial charge in [-0.15, -0.1) is 52.7 Å². The molecular formula is C82H71B2BrCl6F12N15O10S. The minimum absolute atomic E-state index is 0.111. The first-order chi connectivity index (χ1) is 60.5. The minimum atomic E-state index is -4.81. The number of nitrogens with zero attached hydrogens (tertiary/aromatic N) is 15. The van der Waals surface area contributed by atoms with Gasteiger partial charge in [-0.1, -0.05) is 69.6 Å². The summed E-state index contributed by atoms with van der Waals surface area (Å²) in [5.41, 5.74) is 5.82. The van der Waals surface area contributed by atoms with Gasteiger partial charge in [0.15, 0.2) is 0 Å². The molecule has 1 aliphatic heterocycles. The average molecular weight is 2000 g/mol. The molecule has 1 radical (unpaired) electrons. The molecule has 16 rings (SSSR count). The predicted molar refractivity (Wildman–Crippen MR) is 478 cm³/mol. The number of hydrogen-bond donors (Lipinski definition) is 1. The molecule has 11 aromatic heterocycles. The monoisotopic (exact) mass is 2000 g/mol. The normalized spacial score (nSPS) is 13.1. The van der Waals surface area contributed by atoms with Gasteiger partial charge in [-0.25, -0.2) is 0 Å². The van der Waals surface area contributed by atoms with Gasteiger partial charge in [-0.3, -0.25) is 51.5 Å². The molecular weight excluding hydrogens is 1930 g/mol. The van der Waals surface area contributed by atoms with Crippen LogP contribution in [0.1, 0.15) is 55.4 Å². The molecule has 1 saturated heterocycles. The third-order valence-electron chi connectivity index (χ3n) is 20.0. The van der Waals surface area contributed by atoms with Crippen molar-refractivity contribution in [2.75, 3.05) is 0 Å². The second-order valence-corrected chi connectivity index (χ2v) is 32.1. The molecule has 15 aromatic rings. The molecule has 12 heterocycles. The van der Waals surface area contributed by atoms with E-state index in [0.29, 0.717) is 80.9 Å². The summed E-state index contributed by atoms with van der Waals surface area (Å²) in [5.74, 6) is -1.49. The van der Waals surface area contributed by atoms with Crippen molar-refractivity contribution in [2.24, 2.45) is 25.4 Å². The van der Waals surface area contributed by atoms with E-state index in [2.05, 4.69) is 74.9 Å². The van der Waals surface area contributed by atoms with Gasteiger partial charge >= 0.3 is 57.3 Å². The van der Waals surface area contributed by atoms with Crippen LogP contribution in [0, 0.1) is 0 Å². The Balaban J connectivity index is 0.000000157. The fourth-order valence-electron chi connectivity index (χ4n) is 13.6. The van der Waals surface area contributed by atoms with Crippen LogP contribution >= 0.6 is 98.4 Å². The third kappa shape index (κ3) is 22.1. The molecule has 679 valence electrons. The fraction of sp³-hybridized carbons (Fsp3) is 0.256. The van der Waals surface area contributed by atoms with Crippen LogP contribution in [0.4, 0.5) is 52.7 Å². The second-order valence-electron chi connectivity index (χ2n) is 28.8. The molecule has 1 aliphatic rings. The number of benzene rings is 4. The van der Waals surface area contributed by atoms with Gasteiger partial charge in [0, 0.05) is 154 Å². The van der Waals surface area contributed by atoms with Crippen LogP contribution in [0.15, 0.2) is 205 Å². The molecule has 0 atom stereocenters. The van der Waals surface area contributed by atoms with E-state index in [9.17, 15) is 71.9 Å². The predicted octanol–water partition coefficient (Wildman–Crippen LogP) is 21.2. The average Bonchev–Trinajstić information content (AvgIpc) is 1.62. The molecule has 1 fully saturated rings. The van der Waals surface area contributed by atoms with E-state index in [4.69, 9.17) is 78.9 Å². The van der Waals surface area contributed by atoms with Gasteiger partial charge in [0.2, 0.25) is 0 Å². The summed E-state index contributed by atoms with van der Waals surface area (Å²) in [6.45, 7) is 18.0. The van der Waals surface area contributed by atoms with Crippen molar-refractivity contribution in [3.05, 3.63) is 254 Å². The Hall–Kier alpha value is -10.8. The van der Waals surface area contributed by atoms with E-state index in [1.54, 1.807) is 91.2 Å². The van der Waals surface area contributed by atoms with Crippen molar-refractivity contribution in [3.63, 3.8) is 0 Å². The Morgan fingerprint density at radius 2 is 0.767 bits per heavy atom. The first-order valence-corrected chi connectivity index (χ1v) is 41.5. The molecule has 0 amide bonds. The van der Waals surface area contributed by atoms with Crippen LogP contribution in [0.5, 0.6) is 23.0 Å². The molecule has 0 aliphatic carbocycles. The summed E-state index contributed by atoms with van der Waals surface area (Å²) in [6.07, 6.45) is -0.310. The van der Waals surface area contributed by atoms with Crippen LogP contribution in [0.3, 0.4) is 0 Å².